The van der Waals surface area contributed by atoms with Crippen LogP contribution in [0, 0.1) is 10.1 Å². The Labute approximate surface area is 111 Å². The Balaban J connectivity index is 2.51. The van der Waals surface area contributed by atoms with Gasteiger partial charge in [0.2, 0.25) is 0 Å². The van der Waals surface area contributed by atoms with Crippen LogP contribution in [0.1, 0.15) is 5.56 Å². The van der Waals surface area contributed by atoms with E-state index in [0.717, 1.165) is 23.1 Å². The molecule has 4 nitrogen and oxygen atoms in total. The van der Waals surface area contributed by atoms with Crippen LogP contribution >= 0.6 is 0 Å². The quantitative estimate of drug-likeness (QED) is 0.392. The third-order valence-electron chi connectivity index (χ3n) is 2.87. The Morgan fingerprint density at radius 2 is 2.05 bits per heavy atom. The van der Waals surface area contributed by atoms with Crippen molar-refractivity contribution in [2.24, 2.45) is 0 Å². The largest absolute Gasteiger partial charge is 0.398 e. The summed E-state index contributed by atoms with van der Waals surface area (Å²) < 4.78 is 0. The van der Waals surface area contributed by atoms with Gasteiger partial charge >= 0.3 is 0 Å². The molecule has 0 aliphatic carbocycles. The van der Waals surface area contributed by atoms with Gasteiger partial charge in [-0.05, 0) is 29.7 Å². The highest BCUT2D eigenvalue weighted by Crippen LogP contribution is 2.29. The molecule has 0 amide bonds. The van der Waals surface area contributed by atoms with Crippen LogP contribution in [0.2, 0.25) is 0 Å². The Kier molecular flexibility index (Phi) is 3.61. The van der Waals surface area contributed by atoms with Gasteiger partial charge in [-0.2, -0.15) is 0 Å². The van der Waals surface area contributed by atoms with Gasteiger partial charge in [-0.15, -0.1) is 6.58 Å². The number of nitrogens with zero attached hydrogens (tertiary/aromatic N) is 1. The molecule has 0 heterocycles. The molecule has 2 aromatic carbocycles. The van der Waals surface area contributed by atoms with Gasteiger partial charge in [0.25, 0.3) is 5.69 Å². The molecule has 0 saturated heterocycles. The summed E-state index contributed by atoms with van der Waals surface area (Å²) in [6.45, 7) is 3.70. The van der Waals surface area contributed by atoms with Gasteiger partial charge in [-0.3, -0.25) is 10.1 Å². The lowest BCUT2D eigenvalue weighted by Gasteiger charge is -2.08. The predicted octanol–water partition coefficient (Wildman–Crippen LogP) is 3.57. The minimum atomic E-state index is -0.409. The van der Waals surface area contributed by atoms with Crippen LogP contribution in [-0.4, -0.2) is 4.92 Å². The number of hydrogen-bond acceptors (Lipinski definition) is 3. The van der Waals surface area contributed by atoms with Gasteiger partial charge in [0.05, 0.1) is 4.92 Å². The van der Waals surface area contributed by atoms with E-state index in [-0.39, 0.29) is 5.69 Å². The molecule has 0 spiro atoms. The highest BCUT2D eigenvalue weighted by molar-refractivity contribution is 5.78. The molecule has 2 rings (SSSR count). The fourth-order valence-electron chi connectivity index (χ4n) is 1.93. The van der Waals surface area contributed by atoms with Crippen LogP contribution in [0.5, 0.6) is 0 Å². The maximum atomic E-state index is 10.8. The molecular weight excluding hydrogens is 240 g/mol. The second-order valence-electron chi connectivity index (χ2n) is 4.22. The highest BCUT2D eigenvalue weighted by Gasteiger charge is 2.09. The molecule has 0 aliphatic rings. The van der Waals surface area contributed by atoms with Gasteiger partial charge < -0.3 is 5.73 Å². The van der Waals surface area contributed by atoms with Crippen LogP contribution in [-0.2, 0) is 6.42 Å². The first kappa shape index (κ1) is 12.8. The number of anilines is 1. The van der Waals surface area contributed by atoms with Crippen LogP contribution in [0.4, 0.5) is 11.4 Å². The zero-order valence-electron chi connectivity index (χ0n) is 10.4. The first-order chi connectivity index (χ1) is 9.11. The van der Waals surface area contributed by atoms with E-state index < -0.39 is 4.92 Å². The van der Waals surface area contributed by atoms with E-state index >= 15 is 0 Å². The summed E-state index contributed by atoms with van der Waals surface area (Å²) in [6.07, 6.45) is 2.55. The van der Waals surface area contributed by atoms with Crippen molar-refractivity contribution in [3.63, 3.8) is 0 Å². The van der Waals surface area contributed by atoms with Crippen molar-refractivity contribution in [3.05, 3.63) is 70.8 Å². The predicted molar refractivity (Wildman–Crippen MR) is 76.8 cm³/mol. The summed E-state index contributed by atoms with van der Waals surface area (Å²) in [7, 11) is 0. The van der Waals surface area contributed by atoms with Crippen LogP contribution in [0.25, 0.3) is 11.1 Å². The number of benzene rings is 2. The summed E-state index contributed by atoms with van der Waals surface area (Å²) in [5.74, 6) is 0. The molecular formula is C15H14N2O2. The Bertz CT molecular complexity index is 636. The zero-order chi connectivity index (χ0) is 13.8. The molecule has 0 atom stereocenters. The number of nitro groups is 1. The van der Waals surface area contributed by atoms with Crippen LogP contribution < -0.4 is 5.73 Å². The normalized spacial score (nSPS) is 10.1. The second-order valence-corrected chi connectivity index (χ2v) is 4.22. The molecule has 0 bridgehead atoms. The molecule has 2 aromatic rings. The highest BCUT2D eigenvalue weighted by atomic mass is 16.6. The molecule has 0 aliphatic heterocycles. The van der Waals surface area contributed by atoms with E-state index in [0.29, 0.717) is 5.69 Å². The number of hydrogen-bond donors (Lipinski definition) is 1. The van der Waals surface area contributed by atoms with E-state index in [4.69, 9.17) is 5.73 Å². The van der Waals surface area contributed by atoms with Gasteiger partial charge in [0.1, 0.15) is 0 Å². The number of nitrogens with two attached hydrogens (primary N) is 1. The summed E-state index contributed by atoms with van der Waals surface area (Å²) in [4.78, 5) is 10.4. The van der Waals surface area contributed by atoms with Crippen molar-refractivity contribution in [2.45, 2.75) is 6.42 Å². The third kappa shape index (κ3) is 2.80. The summed E-state index contributed by atoms with van der Waals surface area (Å²) in [5.41, 5.74) is 9.25. The van der Waals surface area contributed by atoms with Crippen LogP contribution in [0.3, 0.4) is 0 Å². The monoisotopic (exact) mass is 254 g/mol. The van der Waals surface area contributed by atoms with E-state index in [1.54, 1.807) is 6.07 Å². The average Bonchev–Trinajstić information content (AvgIpc) is 2.41. The smallest absolute Gasteiger partial charge is 0.270 e. The molecule has 0 radical (unpaired) electrons. The first-order valence-electron chi connectivity index (χ1n) is 5.86. The van der Waals surface area contributed by atoms with Crippen molar-refractivity contribution in [1.82, 2.24) is 0 Å². The molecule has 0 fully saturated rings. The lowest BCUT2D eigenvalue weighted by atomic mass is 9.99. The maximum absolute atomic E-state index is 10.8. The number of rotatable bonds is 4. The molecule has 0 saturated carbocycles. The Hall–Kier alpha value is -2.62. The number of nitrogen functional groups attached to an aromatic ring is 1. The van der Waals surface area contributed by atoms with Crippen molar-refractivity contribution >= 4 is 11.4 Å². The number of nitro benzene ring substituents is 1. The SMILES string of the molecule is C=CCc1ccc(N)c(-c2cccc([N+](=O)[O-])c2)c1. The van der Waals surface area contributed by atoms with E-state index in [9.17, 15) is 10.1 Å². The number of non-ortho nitro benzene ring substituents is 1. The zero-order valence-corrected chi connectivity index (χ0v) is 10.4. The van der Waals surface area contributed by atoms with E-state index in [1.165, 1.54) is 12.1 Å². The Morgan fingerprint density at radius 3 is 2.74 bits per heavy atom. The summed E-state index contributed by atoms with van der Waals surface area (Å²) in [6, 6.07) is 12.2. The van der Waals surface area contributed by atoms with Crippen molar-refractivity contribution in [1.29, 1.82) is 0 Å². The fraction of sp³-hybridized carbons (Fsp3) is 0.0667. The molecule has 96 valence electrons. The van der Waals surface area contributed by atoms with Gasteiger partial charge in [-0.25, -0.2) is 0 Å². The standard InChI is InChI=1S/C15H14N2O2/c1-2-4-11-7-8-15(16)14(9-11)12-5-3-6-13(10-12)17(18)19/h2-3,5-10H,1,4,16H2. The molecule has 2 N–H and O–H groups in total. The average molecular weight is 254 g/mol. The molecule has 0 unspecified atom stereocenters. The summed E-state index contributed by atoms with van der Waals surface area (Å²) in [5, 5.41) is 10.8. The lowest BCUT2D eigenvalue weighted by molar-refractivity contribution is -0.384. The maximum Gasteiger partial charge on any atom is 0.270 e. The van der Waals surface area contributed by atoms with E-state index in [1.807, 2.05) is 30.3 Å². The van der Waals surface area contributed by atoms with Crippen molar-refractivity contribution < 1.29 is 4.92 Å². The third-order valence-corrected chi connectivity index (χ3v) is 2.87. The minimum Gasteiger partial charge on any atom is -0.398 e. The topological polar surface area (TPSA) is 69.2 Å². The Morgan fingerprint density at radius 1 is 1.26 bits per heavy atom. The van der Waals surface area contributed by atoms with Gasteiger partial charge in [0, 0.05) is 23.4 Å². The van der Waals surface area contributed by atoms with Gasteiger partial charge in [0.15, 0.2) is 0 Å². The fourth-order valence-corrected chi connectivity index (χ4v) is 1.93. The minimum absolute atomic E-state index is 0.0611. The van der Waals surface area contributed by atoms with Gasteiger partial charge in [-0.1, -0.05) is 24.3 Å². The second kappa shape index (κ2) is 5.35. The molecule has 4 heteroatoms. The van der Waals surface area contributed by atoms with Crippen molar-refractivity contribution in [2.75, 3.05) is 5.73 Å². The lowest BCUT2D eigenvalue weighted by Crippen LogP contribution is -1.93. The van der Waals surface area contributed by atoms with Crippen LogP contribution in [0.15, 0.2) is 55.1 Å². The van der Waals surface area contributed by atoms with E-state index in [2.05, 4.69) is 6.58 Å². The summed E-state index contributed by atoms with van der Waals surface area (Å²) >= 11 is 0. The number of allylic oxidation sites excluding steroid dienone is 1. The molecule has 19 heavy (non-hydrogen) atoms. The molecule has 0 aromatic heterocycles. The first-order valence-corrected chi connectivity index (χ1v) is 5.86. The van der Waals surface area contributed by atoms with Crippen molar-refractivity contribution in [3.8, 4) is 11.1 Å².